The van der Waals surface area contributed by atoms with Gasteiger partial charge in [-0.15, -0.1) is 0 Å². The Morgan fingerprint density at radius 1 is 1.20 bits per heavy atom. The molecule has 0 bridgehead atoms. The zero-order valence-corrected chi connectivity index (χ0v) is 12.1. The van der Waals surface area contributed by atoms with Crippen molar-refractivity contribution in [1.29, 1.82) is 0 Å². The molecule has 0 atom stereocenters. The summed E-state index contributed by atoms with van der Waals surface area (Å²) in [6.45, 7) is 0.358. The van der Waals surface area contributed by atoms with Crippen LogP contribution >= 0.6 is 23.2 Å². The summed E-state index contributed by atoms with van der Waals surface area (Å²) in [7, 11) is 1.65. The average Bonchev–Trinajstić information content (AvgIpc) is 2.39. The van der Waals surface area contributed by atoms with Gasteiger partial charge in [-0.1, -0.05) is 35.3 Å². The van der Waals surface area contributed by atoms with Gasteiger partial charge in [0.25, 0.3) is 5.91 Å². The van der Waals surface area contributed by atoms with Crippen LogP contribution in [0.3, 0.4) is 0 Å². The van der Waals surface area contributed by atoms with E-state index in [0.717, 1.165) is 5.56 Å². The zero-order chi connectivity index (χ0) is 14.7. The fourth-order valence-corrected chi connectivity index (χ4v) is 2.20. The predicted octanol–water partition coefficient (Wildman–Crippen LogP) is 3.80. The van der Waals surface area contributed by atoms with Gasteiger partial charge in [-0.3, -0.25) is 4.79 Å². The molecule has 3 nitrogen and oxygen atoms in total. The molecule has 20 heavy (non-hydrogen) atoms. The van der Waals surface area contributed by atoms with E-state index < -0.39 is 0 Å². The second-order valence-corrected chi connectivity index (χ2v) is 5.06. The Kier molecular flexibility index (Phi) is 4.57. The summed E-state index contributed by atoms with van der Waals surface area (Å²) in [4.78, 5) is 17.5. The van der Waals surface area contributed by atoms with Crippen LogP contribution in [-0.2, 0) is 6.54 Å². The van der Waals surface area contributed by atoms with E-state index in [-0.39, 0.29) is 22.0 Å². The summed E-state index contributed by atoms with van der Waals surface area (Å²) in [5.41, 5.74) is 1.19. The van der Waals surface area contributed by atoms with Gasteiger partial charge >= 0.3 is 0 Å². The van der Waals surface area contributed by atoms with Crippen LogP contribution in [0, 0.1) is 5.82 Å². The normalized spacial score (nSPS) is 10.4. The molecular formula is C14H11Cl2FN2O. The lowest BCUT2D eigenvalue weighted by atomic mass is 10.2. The number of pyridine rings is 1. The van der Waals surface area contributed by atoms with Gasteiger partial charge in [0.1, 0.15) is 16.1 Å². The molecule has 1 aromatic carbocycles. The molecule has 0 aliphatic heterocycles. The third kappa shape index (κ3) is 3.68. The van der Waals surface area contributed by atoms with E-state index in [1.54, 1.807) is 19.2 Å². The van der Waals surface area contributed by atoms with Gasteiger partial charge in [-0.2, -0.15) is 0 Å². The highest BCUT2D eigenvalue weighted by molar-refractivity contribution is 6.33. The second-order valence-electron chi connectivity index (χ2n) is 4.29. The van der Waals surface area contributed by atoms with Crippen molar-refractivity contribution >= 4 is 29.1 Å². The van der Waals surface area contributed by atoms with Crippen molar-refractivity contribution in [3.8, 4) is 0 Å². The predicted molar refractivity (Wildman–Crippen MR) is 76.5 cm³/mol. The van der Waals surface area contributed by atoms with E-state index in [4.69, 9.17) is 23.2 Å². The van der Waals surface area contributed by atoms with Gasteiger partial charge in [0.05, 0.1) is 0 Å². The van der Waals surface area contributed by atoms with Crippen LogP contribution in [-0.4, -0.2) is 22.8 Å². The third-order valence-corrected chi connectivity index (χ3v) is 3.08. The monoisotopic (exact) mass is 312 g/mol. The molecule has 1 aromatic heterocycles. The minimum atomic E-state index is -0.310. The van der Waals surface area contributed by atoms with Crippen molar-refractivity contribution < 1.29 is 9.18 Å². The first-order chi connectivity index (χ1) is 9.45. The van der Waals surface area contributed by atoms with E-state index in [9.17, 15) is 9.18 Å². The minimum Gasteiger partial charge on any atom is -0.337 e. The first-order valence-electron chi connectivity index (χ1n) is 5.78. The van der Waals surface area contributed by atoms with Crippen molar-refractivity contribution in [2.75, 3.05) is 7.05 Å². The molecule has 1 heterocycles. The Balaban J connectivity index is 2.14. The molecule has 2 rings (SSSR count). The van der Waals surface area contributed by atoms with E-state index >= 15 is 0 Å². The smallest absolute Gasteiger partial charge is 0.254 e. The van der Waals surface area contributed by atoms with Crippen LogP contribution in [0.5, 0.6) is 0 Å². The molecule has 1 amide bonds. The van der Waals surface area contributed by atoms with Gasteiger partial charge in [0, 0.05) is 19.2 Å². The van der Waals surface area contributed by atoms with Crippen molar-refractivity contribution in [1.82, 2.24) is 9.88 Å². The van der Waals surface area contributed by atoms with Crippen molar-refractivity contribution in [3.63, 3.8) is 0 Å². The van der Waals surface area contributed by atoms with E-state index in [1.807, 2.05) is 0 Å². The molecular weight excluding hydrogens is 302 g/mol. The fraction of sp³-hybridized carbons (Fsp3) is 0.143. The molecule has 0 N–H and O–H groups in total. The largest absolute Gasteiger partial charge is 0.337 e. The number of rotatable bonds is 3. The summed E-state index contributed by atoms with van der Waals surface area (Å²) < 4.78 is 12.8. The lowest BCUT2D eigenvalue weighted by molar-refractivity contribution is 0.0785. The maximum atomic E-state index is 12.8. The Morgan fingerprint density at radius 3 is 2.30 bits per heavy atom. The van der Waals surface area contributed by atoms with Crippen LogP contribution in [0.15, 0.2) is 36.4 Å². The average molecular weight is 313 g/mol. The number of benzene rings is 1. The molecule has 0 radical (unpaired) electrons. The molecule has 0 saturated carbocycles. The topological polar surface area (TPSA) is 33.2 Å². The molecule has 0 fully saturated rings. The quantitative estimate of drug-likeness (QED) is 0.808. The van der Waals surface area contributed by atoms with Crippen LogP contribution in [0.1, 0.15) is 15.9 Å². The molecule has 0 aliphatic rings. The Hall–Kier alpha value is -1.65. The van der Waals surface area contributed by atoms with E-state index in [2.05, 4.69) is 4.98 Å². The molecule has 0 aliphatic carbocycles. The molecule has 2 aromatic rings. The molecule has 0 saturated heterocycles. The number of nitrogens with zero attached hydrogens (tertiary/aromatic N) is 2. The number of hydrogen-bond acceptors (Lipinski definition) is 2. The molecule has 6 heteroatoms. The highest BCUT2D eigenvalue weighted by Gasteiger charge is 2.14. The van der Waals surface area contributed by atoms with Gasteiger partial charge in [-0.05, 0) is 29.8 Å². The van der Waals surface area contributed by atoms with Crippen LogP contribution in [0.25, 0.3) is 0 Å². The first kappa shape index (κ1) is 14.8. The summed E-state index contributed by atoms with van der Waals surface area (Å²) in [6.07, 6.45) is 0. The van der Waals surface area contributed by atoms with Gasteiger partial charge in [0.2, 0.25) is 0 Å². The Labute approximate surface area is 125 Å². The number of aromatic nitrogens is 1. The highest BCUT2D eigenvalue weighted by atomic mass is 35.5. The van der Waals surface area contributed by atoms with Crippen molar-refractivity contribution in [2.24, 2.45) is 0 Å². The number of amides is 1. The second kappa shape index (κ2) is 6.20. The standard InChI is InChI=1S/C14H11Cl2FN2O/c1-19(8-9-2-4-11(17)5-3-9)14(20)10-6-12(15)18-13(16)7-10/h2-7H,8H2,1H3. The van der Waals surface area contributed by atoms with E-state index in [1.165, 1.54) is 29.2 Å². The summed E-state index contributed by atoms with van der Waals surface area (Å²) in [6, 6.07) is 8.88. The lowest BCUT2D eigenvalue weighted by Crippen LogP contribution is -2.26. The highest BCUT2D eigenvalue weighted by Crippen LogP contribution is 2.17. The molecule has 0 spiro atoms. The Bertz CT molecular complexity index is 611. The maximum absolute atomic E-state index is 12.8. The SMILES string of the molecule is CN(Cc1ccc(F)cc1)C(=O)c1cc(Cl)nc(Cl)c1. The minimum absolute atomic E-state index is 0.163. The van der Waals surface area contributed by atoms with Crippen molar-refractivity contribution in [2.45, 2.75) is 6.54 Å². The van der Waals surface area contributed by atoms with E-state index in [0.29, 0.717) is 12.1 Å². The zero-order valence-electron chi connectivity index (χ0n) is 10.6. The van der Waals surface area contributed by atoms with Gasteiger partial charge in [-0.25, -0.2) is 9.37 Å². The van der Waals surface area contributed by atoms with Crippen LogP contribution in [0.2, 0.25) is 10.3 Å². The van der Waals surface area contributed by atoms with Crippen molar-refractivity contribution in [3.05, 3.63) is 63.6 Å². The van der Waals surface area contributed by atoms with Crippen LogP contribution < -0.4 is 0 Å². The number of halogens is 3. The lowest BCUT2D eigenvalue weighted by Gasteiger charge is -2.17. The molecule has 0 unspecified atom stereocenters. The Morgan fingerprint density at radius 2 is 1.75 bits per heavy atom. The number of carbonyl (C=O) groups excluding carboxylic acids is 1. The first-order valence-corrected chi connectivity index (χ1v) is 6.54. The third-order valence-electron chi connectivity index (χ3n) is 2.69. The summed E-state index contributed by atoms with van der Waals surface area (Å²) >= 11 is 11.5. The maximum Gasteiger partial charge on any atom is 0.254 e. The summed E-state index contributed by atoms with van der Waals surface area (Å²) in [5.74, 6) is -0.545. The number of hydrogen-bond donors (Lipinski definition) is 0. The molecule has 104 valence electrons. The van der Waals surface area contributed by atoms with Crippen LogP contribution in [0.4, 0.5) is 4.39 Å². The van der Waals surface area contributed by atoms with Gasteiger partial charge in [0.15, 0.2) is 0 Å². The fourth-order valence-electron chi connectivity index (χ4n) is 1.74. The summed E-state index contributed by atoms with van der Waals surface area (Å²) in [5, 5.41) is 0.326. The number of carbonyl (C=O) groups is 1. The van der Waals surface area contributed by atoms with Gasteiger partial charge < -0.3 is 4.90 Å².